The van der Waals surface area contributed by atoms with E-state index in [2.05, 4.69) is 4.90 Å². The molecule has 190 valence electrons. The zero-order valence-corrected chi connectivity index (χ0v) is 21.2. The Morgan fingerprint density at radius 3 is 2.26 bits per heavy atom. The summed E-state index contributed by atoms with van der Waals surface area (Å²) in [7, 11) is 1.41. The van der Waals surface area contributed by atoms with Crippen molar-refractivity contribution in [3.8, 4) is 0 Å². The van der Waals surface area contributed by atoms with Gasteiger partial charge in [-0.2, -0.15) is 0 Å². The van der Waals surface area contributed by atoms with Crippen LogP contribution >= 0.6 is 0 Å². The Morgan fingerprint density at radius 2 is 1.54 bits per heavy atom. The van der Waals surface area contributed by atoms with Crippen molar-refractivity contribution < 1.29 is 9.53 Å². The van der Waals surface area contributed by atoms with E-state index in [0.29, 0.717) is 24.8 Å². The Bertz CT molecular complexity index is 1070. The summed E-state index contributed by atoms with van der Waals surface area (Å²) in [6.45, 7) is 2.74. The molecule has 0 amide bonds. The number of carbonyl (C=O) groups excluding carboxylic acids is 1. The van der Waals surface area contributed by atoms with E-state index < -0.39 is 6.04 Å². The lowest BCUT2D eigenvalue weighted by molar-refractivity contribution is -0.141. The second-order valence-electron chi connectivity index (χ2n) is 10.6. The maximum atomic E-state index is 13.9. The van der Waals surface area contributed by atoms with Crippen LogP contribution in [0.15, 0.2) is 29.1 Å². The summed E-state index contributed by atoms with van der Waals surface area (Å²) in [6.07, 6.45) is 14.4. The van der Waals surface area contributed by atoms with Crippen molar-refractivity contribution >= 4 is 22.8 Å². The maximum absolute atomic E-state index is 13.9. The second-order valence-corrected chi connectivity index (χ2v) is 10.6. The number of carbonyl (C=O) groups is 1. The summed E-state index contributed by atoms with van der Waals surface area (Å²) < 4.78 is 7.02. The predicted octanol–water partition coefficient (Wildman–Crippen LogP) is 4.68. The molecule has 0 unspecified atom stereocenters. The Hall–Kier alpha value is -2.41. The number of methoxy groups -OCH3 is 1. The van der Waals surface area contributed by atoms with Crippen molar-refractivity contribution in [1.82, 2.24) is 14.5 Å². The first kappa shape index (κ1) is 24.3. The molecule has 1 atom stereocenters. The van der Waals surface area contributed by atoms with Gasteiger partial charge in [0, 0.05) is 31.7 Å². The maximum Gasteiger partial charge on any atom is 0.328 e. The lowest BCUT2D eigenvalue weighted by Crippen LogP contribution is -2.45. The van der Waals surface area contributed by atoms with E-state index in [1.807, 2.05) is 33.7 Å². The average molecular weight is 481 g/mol. The monoisotopic (exact) mass is 480 g/mol. The average Bonchev–Trinajstić information content (AvgIpc) is 3.42. The van der Waals surface area contributed by atoms with Gasteiger partial charge in [0.25, 0.3) is 5.56 Å². The van der Waals surface area contributed by atoms with Crippen LogP contribution in [0, 0.1) is 0 Å². The molecule has 1 aliphatic carbocycles. The van der Waals surface area contributed by atoms with Gasteiger partial charge in [-0.3, -0.25) is 4.79 Å². The van der Waals surface area contributed by atoms with Crippen LogP contribution in [0.5, 0.6) is 0 Å². The highest BCUT2D eigenvalue weighted by Gasteiger charge is 2.35. The van der Waals surface area contributed by atoms with Gasteiger partial charge in [-0.05, 0) is 50.7 Å². The molecule has 7 nitrogen and oxygen atoms in total. The number of esters is 1. The molecular formula is C28H40N4O3. The van der Waals surface area contributed by atoms with Crippen LogP contribution in [0.3, 0.4) is 0 Å². The molecule has 3 aliphatic rings. The number of hydrogen-bond donors (Lipinski definition) is 0. The van der Waals surface area contributed by atoms with Gasteiger partial charge in [-0.25, -0.2) is 9.78 Å². The van der Waals surface area contributed by atoms with Gasteiger partial charge >= 0.3 is 5.97 Å². The Morgan fingerprint density at radius 1 is 0.857 bits per heavy atom. The normalized spacial score (nSPS) is 23.7. The zero-order valence-electron chi connectivity index (χ0n) is 21.2. The van der Waals surface area contributed by atoms with E-state index in [1.54, 1.807) is 0 Å². The van der Waals surface area contributed by atoms with Crippen molar-refractivity contribution in [2.24, 2.45) is 0 Å². The number of aromatic nitrogens is 2. The van der Waals surface area contributed by atoms with Crippen LogP contribution in [-0.4, -0.2) is 59.2 Å². The summed E-state index contributed by atoms with van der Waals surface area (Å²) in [4.78, 5) is 35.7. The molecular weight excluding hydrogens is 440 g/mol. The topological polar surface area (TPSA) is 67.7 Å². The van der Waals surface area contributed by atoms with Crippen molar-refractivity contribution in [1.29, 1.82) is 0 Å². The number of anilines is 1. The SMILES string of the molecule is COC(=O)[C@@H]1CCCN1c1nc2ccccc2n(C2CCN(C3CCCCCCCC3)CC2)c1=O. The van der Waals surface area contributed by atoms with E-state index in [-0.39, 0.29) is 17.6 Å². The molecule has 0 N–H and O–H groups in total. The van der Waals surface area contributed by atoms with Crippen molar-refractivity contribution in [2.45, 2.75) is 95.2 Å². The van der Waals surface area contributed by atoms with Gasteiger partial charge < -0.3 is 19.1 Å². The lowest BCUT2D eigenvalue weighted by Gasteiger charge is -2.39. The molecule has 2 aromatic rings. The zero-order chi connectivity index (χ0) is 24.2. The number of fused-ring (bicyclic) bond motifs is 1. The minimum absolute atomic E-state index is 0.0691. The van der Waals surface area contributed by atoms with Gasteiger partial charge in [-0.1, -0.05) is 50.7 Å². The van der Waals surface area contributed by atoms with E-state index >= 15 is 0 Å². The smallest absolute Gasteiger partial charge is 0.328 e. The fourth-order valence-corrected chi connectivity index (χ4v) is 6.58. The van der Waals surface area contributed by atoms with Crippen molar-refractivity contribution in [3.63, 3.8) is 0 Å². The van der Waals surface area contributed by atoms with Crippen LogP contribution in [0.25, 0.3) is 11.0 Å². The number of benzene rings is 1. The molecule has 1 saturated carbocycles. The van der Waals surface area contributed by atoms with Crippen molar-refractivity contribution in [3.05, 3.63) is 34.6 Å². The standard InChI is InChI=1S/C28H40N4O3/c1-35-28(34)25-15-10-18-31(25)26-27(33)32(24-14-9-8-13-23(24)29-26)22-16-19-30(20-17-22)21-11-6-4-2-3-5-7-12-21/h8-9,13-14,21-22,25H,2-7,10-12,15-20H2,1H3/t25-/m0/s1. The molecule has 1 aromatic heterocycles. The molecule has 3 fully saturated rings. The third-order valence-corrected chi connectivity index (χ3v) is 8.48. The first-order chi connectivity index (χ1) is 17.2. The number of hydrogen-bond acceptors (Lipinski definition) is 6. The highest BCUT2D eigenvalue weighted by molar-refractivity contribution is 5.82. The minimum Gasteiger partial charge on any atom is -0.467 e. The van der Waals surface area contributed by atoms with Gasteiger partial charge in [-0.15, -0.1) is 0 Å². The number of nitrogens with zero attached hydrogens (tertiary/aromatic N) is 4. The summed E-state index contributed by atoms with van der Waals surface area (Å²) in [6, 6.07) is 8.36. The first-order valence-corrected chi connectivity index (χ1v) is 13.8. The molecule has 0 bridgehead atoms. The van der Waals surface area contributed by atoms with E-state index in [1.165, 1.54) is 58.5 Å². The highest BCUT2D eigenvalue weighted by Crippen LogP contribution is 2.31. The number of piperidine rings is 1. The molecule has 35 heavy (non-hydrogen) atoms. The van der Waals surface area contributed by atoms with Gasteiger partial charge in [0.15, 0.2) is 5.82 Å². The number of para-hydroxylation sites is 2. The molecule has 5 rings (SSSR count). The summed E-state index contributed by atoms with van der Waals surface area (Å²) >= 11 is 0. The minimum atomic E-state index is -0.431. The number of rotatable bonds is 4. The Labute approximate surface area is 208 Å². The molecule has 0 spiro atoms. The molecule has 2 aliphatic heterocycles. The summed E-state index contributed by atoms with van der Waals surface area (Å²) in [5.74, 6) is 0.113. The van der Waals surface area contributed by atoms with Crippen LogP contribution < -0.4 is 10.5 Å². The van der Waals surface area contributed by atoms with E-state index in [9.17, 15) is 9.59 Å². The molecule has 1 aromatic carbocycles. The largest absolute Gasteiger partial charge is 0.467 e. The fraction of sp³-hybridized carbons (Fsp3) is 0.679. The third-order valence-electron chi connectivity index (χ3n) is 8.48. The summed E-state index contributed by atoms with van der Waals surface area (Å²) in [5.41, 5.74) is 1.65. The van der Waals surface area contributed by atoms with Crippen LogP contribution in [-0.2, 0) is 9.53 Å². The van der Waals surface area contributed by atoms with E-state index in [0.717, 1.165) is 43.4 Å². The van der Waals surface area contributed by atoms with Crippen molar-refractivity contribution in [2.75, 3.05) is 31.6 Å². The first-order valence-electron chi connectivity index (χ1n) is 13.8. The van der Waals surface area contributed by atoms with E-state index in [4.69, 9.17) is 9.72 Å². The molecule has 7 heteroatoms. The Kier molecular flexibility index (Phi) is 7.71. The second kappa shape index (κ2) is 11.1. The molecule has 3 heterocycles. The lowest BCUT2D eigenvalue weighted by atomic mass is 9.97. The summed E-state index contributed by atoms with van der Waals surface area (Å²) in [5, 5.41) is 0. The van der Waals surface area contributed by atoms with Crippen LogP contribution in [0.2, 0.25) is 0 Å². The molecule has 0 radical (unpaired) electrons. The number of likely N-dealkylation sites (tertiary alicyclic amines) is 1. The quantitative estimate of drug-likeness (QED) is 0.592. The van der Waals surface area contributed by atoms with Gasteiger partial charge in [0.05, 0.1) is 18.1 Å². The van der Waals surface area contributed by atoms with Crippen LogP contribution in [0.1, 0.15) is 83.1 Å². The van der Waals surface area contributed by atoms with Gasteiger partial charge in [0.1, 0.15) is 6.04 Å². The molecule has 2 saturated heterocycles. The number of ether oxygens (including phenoxy) is 1. The fourth-order valence-electron chi connectivity index (χ4n) is 6.58. The van der Waals surface area contributed by atoms with Crippen LogP contribution in [0.4, 0.5) is 5.82 Å². The predicted molar refractivity (Wildman–Crippen MR) is 139 cm³/mol. The van der Waals surface area contributed by atoms with Gasteiger partial charge in [0.2, 0.25) is 0 Å². The highest BCUT2D eigenvalue weighted by atomic mass is 16.5. The third kappa shape index (κ3) is 5.11. The Balaban J connectivity index is 1.41.